The van der Waals surface area contributed by atoms with E-state index in [2.05, 4.69) is 31.0 Å². The molecule has 1 atom stereocenters. The van der Waals surface area contributed by atoms with Crippen molar-refractivity contribution in [2.45, 2.75) is 18.6 Å². The molecule has 0 saturated heterocycles. The van der Waals surface area contributed by atoms with Gasteiger partial charge >= 0.3 is 0 Å². The van der Waals surface area contributed by atoms with E-state index in [9.17, 15) is 0 Å². The van der Waals surface area contributed by atoms with Crippen molar-refractivity contribution in [3.8, 4) is 0 Å². The standard InChI is InChI=1S/C8H21NS2/c1-8(10-2)5-6-9-7-11(3)4/h8-9,11H,5-7H2,1-4H3. The van der Waals surface area contributed by atoms with E-state index in [0.717, 1.165) is 5.25 Å². The van der Waals surface area contributed by atoms with E-state index in [1.165, 1.54) is 18.8 Å². The molecule has 11 heavy (non-hydrogen) atoms. The largest absolute Gasteiger partial charge is 0.309 e. The molecule has 0 aromatic carbocycles. The molecule has 1 unspecified atom stereocenters. The minimum Gasteiger partial charge on any atom is -0.309 e. The van der Waals surface area contributed by atoms with Crippen LogP contribution in [0.1, 0.15) is 13.3 Å². The van der Waals surface area contributed by atoms with Crippen LogP contribution in [0.25, 0.3) is 0 Å². The predicted octanol–water partition coefficient (Wildman–Crippen LogP) is 1.94. The molecule has 1 nitrogen and oxygen atoms in total. The summed E-state index contributed by atoms with van der Waals surface area (Å²) in [5.74, 6) is 1.22. The molecule has 0 spiro atoms. The van der Waals surface area contributed by atoms with Crippen LogP contribution in [0.3, 0.4) is 0 Å². The van der Waals surface area contributed by atoms with Gasteiger partial charge in [-0.25, -0.2) is 10.9 Å². The SMILES string of the molecule is CSC(C)CCNC[SH](C)C. The highest BCUT2D eigenvalue weighted by atomic mass is 32.2. The van der Waals surface area contributed by atoms with E-state index in [1.807, 2.05) is 11.8 Å². The second kappa shape index (κ2) is 7.32. The fraction of sp³-hybridized carbons (Fsp3) is 1.00. The molecule has 70 valence electrons. The van der Waals surface area contributed by atoms with Crippen LogP contribution in [0.5, 0.6) is 0 Å². The van der Waals surface area contributed by atoms with Crippen molar-refractivity contribution in [1.82, 2.24) is 5.32 Å². The van der Waals surface area contributed by atoms with Gasteiger partial charge in [-0.3, -0.25) is 0 Å². The summed E-state index contributed by atoms with van der Waals surface area (Å²) in [5.41, 5.74) is 0. The maximum atomic E-state index is 3.47. The molecule has 0 aromatic heterocycles. The molecule has 0 heterocycles. The lowest BCUT2D eigenvalue weighted by Crippen LogP contribution is -2.18. The summed E-state index contributed by atoms with van der Waals surface area (Å²) in [6.07, 6.45) is 8.09. The number of rotatable bonds is 6. The predicted molar refractivity (Wildman–Crippen MR) is 61.3 cm³/mol. The van der Waals surface area contributed by atoms with Gasteiger partial charge in [-0.15, -0.1) is 0 Å². The Morgan fingerprint density at radius 1 is 1.45 bits per heavy atom. The Morgan fingerprint density at radius 3 is 2.55 bits per heavy atom. The fourth-order valence-corrected chi connectivity index (χ4v) is 1.68. The Labute approximate surface area is 78.1 Å². The van der Waals surface area contributed by atoms with Gasteiger partial charge < -0.3 is 5.32 Å². The highest BCUT2D eigenvalue weighted by molar-refractivity contribution is 8.15. The van der Waals surface area contributed by atoms with Gasteiger partial charge in [0.05, 0.1) is 0 Å². The molecule has 0 rings (SSSR count). The lowest BCUT2D eigenvalue weighted by Gasteiger charge is -2.12. The van der Waals surface area contributed by atoms with E-state index in [1.54, 1.807) is 0 Å². The van der Waals surface area contributed by atoms with Crippen molar-refractivity contribution in [2.24, 2.45) is 0 Å². The Balaban J connectivity index is 3.01. The third-order valence-electron chi connectivity index (χ3n) is 1.56. The van der Waals surface area contributed by atoms with Crippen LogP contribution in [-0.4, -0.2) is 36.4 Å². The smallest absolute Gasteiger partial charge is 0.0233 e. The number of hydrogen-bond acceptors (Lipinski definition) is 2. The minimum absolute atomic E-state index is 0.246. The zero-order valence-electron chi connectivity index (χ0n) is 8.05. The third kappa shape index (κ3) is 8.57. The quantitative estimate of drug-likeness (QED) is 0.496. The first kappa shape index (κ1) is 11.7. The Hall–Kier alpha value is 0.660. The van der Waals surface area contributed by atoms with Crippen molar-refractivity contribution in [3.63, 3.8) is 0 Å². The van der Waals surface area contributed by atoms with Gasteiger partial charge in [0.2, 0.25) is 0 Å². The van der Waals surface area contributed by atoms with Crippen molar-refractivity contribution in [3.05, 3.63) is 0 Å². The maximum absolute atomic E-state index is 3.47. The topological polar surface area (TPSA) is 12.0 Å². The molecule has 3 heteroatoms. The van der Waals surface area contributed by atoms with E-state index in [0.29, 0.717) is 0 Å². The number of thiol groups is 1. The fourth-order valence-electron chi connectivity index (χ4n) is 0.726. The van der Waals surface area contributed by atoms with Crippen molar-refractivity contribution in [1.29, 1.82) is 0 Å². The number of nitrogens with one attached hydrogen (secondary N) is 1. The molecule has 0 radical (unpaired) electrons. The zero-order chi connectivity index (χ0) is 8.69. The molecule has 0 aromatic rings. The maximum Gasteiger partial charge on any atom is 0.0233 e. The highest BCUT2D eigenvalue weighted by Crippen LogP contribution is 2.11. The average molecular weight is 195 g/mol. The van der Waals surface area contributed by atoms with E-state index < -0.39 is 0 Å². The Kier molecular flexibility index (Phi) is 7.76. The van der Waals surface area contributed by atoms with Crippen LogP contribution in [0.4, 0.5) is 0 Å². The first-order valence-electron chi connectivity index (χ1n) is 4.05. The Morgan fingerprint density at radius 2 is 2.09 bits per heavy atom. The van der Waals surface area contributed by atoms with Gasteiger partial charge in [-0.1, -0.05) is 6.92 Å². The monoisotopic (exact) mass is 195 g/mol. The van der Waals surface area contributed by atoms with Gasteiger partial charge in [-0.2, -0.15) is 11.8 Å². The van der Waals surface area contributed by atoms with E-state index in [4.69, 9.17) is 0 Å². The molecule has 0 aliphatic rings. The summed E-state index contributed by atoms with van der Waals surface area (Å²) < 4.78 is 0. The van der Waals surface area contributed by atoms with Crippen LogP contribution >= 0.6 is 22.7 Å². The molecular formula is C8H21NS2. The Bertz CT molecular complexity index is 86.2. The molecule has 0 aliphatic carbocycles. The molecule has 1 N–H and O–H groups in total. The van der Waals surface area contributed by atoms with Gasteiger partial charge in [0.1, 0.15) is 0 Å². The highest BCUT2D eigenvalue weighted by Gasteiger charge is 1.97. The zero-order valence-corrected chi connectivity index (χ0v) is 9.77. The van der Waals surface area contributed by atoms with Crippen LogP contribution < -0.4 is 5.32 Å². The number of hydrogen-bond donors (Lipinski definition) is 2. The molecular weight excluding hydrogens is 174 g/mol. The second-order valence-corrected chi connectivity index (χ2v) is 6.82. The van der Waals surface area contributed by atoms with Gasteiger partial charge in [0.25, 0.3) is 0 Å². The van der Waals surface area contributed by atoms with Gasteiger partial charge in [0, 0.05) is 11.1 Å². The molecule has 0 aliphatic heterocycles. The van der Waals surface area contributed by atoms with Crippen molar-refractivity contribution in [2.75, 3.05) is 31.2 Å². The van der Waals surface area contributed by atoms with Crippen LogP contribution in [0, 0.1) is 0 Å². The summed E-state index contributed by atoms with van der Waals surface area (Å²) in [7, 11) is 0.246. The van der Waals surface area contributed by atoms with Crippen LogP contribution in [-0.2, 0) is 0 Å². The van der Waals surface area contributed by atoms with E-state index >= 15 is 0 Å². The lowest BCUT2D eigenvalue weighted by molar-refractivity contribution is 0.709. The summed E-state index contributed by atoms with van der Waals surface area (Å²) in [4.78, 5) is 0. The van der Waals surface area contributed by atoms with Crippen molar-refractivity contribution < 1.29 is 0 Å². The summed E-state index contributed by atoms with van der Waals surface area (Å²) >= 11 is 1.95. The molecule has 0 bridgehead atoms. The lowest BCUT2D eigenvalue weighted by atomic mass is 10.3. The van der Waals surface area contributed by atoms with Gasteiger partial charge in [-0.05, 0) is 31.7 Å². The van der Waals surface area contributed by atoms with E-state index in [-0.39, 0.29) is 10.9 Å². The molecule has 0 amide bonds. The summed E-state index contributed by atoms with van der Waals surface area (Å²) in [5, 5.41) is 4.27. The van der Waals surface area contributed by atoms with Gasteiger partial charge in [0.15, 0.2) is 0 Å². The first-order chi connectivity index (χ1) is 5.16. The van der Waals surface area contributed by atoms with Crippen LogP contribution in [0.15, 0.2) is 0 Å². The summed E-state index contributed by atoms with van der Waals surface area (Å²) in [6.45, 7) is 3.47. The molecule has 0 saturated carbocycles. The number of thioether (sulfide) groups is 1. The van der Waals surface area contributed by atoms with Crippen molar-refractivity contribution >= 4 is 22.7 Å². The molecule has 0 fully saturated rings. The van der Waals surface area contributed by atoms with Crippen LogP contribution in [0.2, 0.25) is 0 Å². The minimum atomic E-state index is 0.246. The average Bonchev–Trinajstić information content (AvgIpc) is 1.97. The third-order valence-corrected chi connectivity index (χ3v) is 3.45. The first-order valence-corrected chi connectivity index (χ1v) is 7.76. The summed E-state index contributed by atoms with van der Waals surface area (Å²) in [6, 6.07) is 0. The second-order valence-electron chi connectivity index (χ2n) is 3.07. The normalized spacial score (nSPS) is 14.7.